The zero-order chi connectivity index (χ0) is 18.1. The van der Waals surface area contributed by atoms with E-state index in [1.807, 2.05) is 25.1 Å². The lowest BCUT2D eigenvalue weighted by Gasteiger charge is -2.14. The van der Waals surface area contributed by atoms with E-state index >= 15 is 0 Å². The van der Waals surface area contributed by atoms with Crippen molar-refractivity contribution in [3.8, 4) is 5.75 Å². The number of pyridine rings is 1. The van der Waals surface area contributed by atoms with Gasteiger partial charge in [0.05, 0.1) is 18.3 Å². The molecule has 0 aliphatic heterocycles. The van der Waals surface area contributed by atoms with Crippen molar-refractivity contribution < 1.29 is 14.3 Å². The van der Waals surface area contributed by atoms with Crippen LogP contribution in [-0.2, 0) is 4.79 Å². The predicted octanol–water partition coefficient (Wildman–Crippen LogP) is 2.48. The average Bonchev–Trinajstić information content (AvgIpc) is 2.59. The van der Waals surface area contributed by atoms with Gasteiger partial charge in [0, 0.05) is 24.9 Å². The number of aromatic nitrogens is 1. The number of urea groups is 1. The molecule has 25 heavy (non-hydrogen) atoms. The minimum Gasteiger partial charge on any atom is -0.492 e. The van der Waals surface area contributed by atoms with E-state index in [0.29, 0.717) is 24.6 Å². The van der Waals surface area contributed by atoms with Crippen LogP contribution in [-0.4, -0.2) is 30.1 Å². The number of ether oxygens (including phenoxy) is 1. The number of hydrogen-bond acceptors (Lipinski definition) is 4. The van der Waals surface area contributed by atoms with Crippen LogP contribution in [0.1, 0.15) is 25.6 Å². The molecule has 0 aliphatic rings. The molecule has 3 N–H and O–H groups in total. The van der Waals surface area contributed by atoms with Gasteiger partial charge >= 0.3 is 6.03 Å². The van der Waals surface area contributed by atoms with Crippen LogP contribution in [0.4, 0.5) is 10.5 Å². The van der Waals surface area contributed by atoms with Gasteiger partial charge in [0.15, 0.2) is 0 Å². The van der Waals surface area contributed by atoms with Crippen LogP contribution in [0.15, 0.2) is 48.7 Å². The maximum Gasteiger partial charge on any atom is 0.315 e. The Morgan fingerprint density at radius 2 is 2.04 bits per heavy atom. The van der Waals surface area contributed by atoms with Gasteiger partial charge < -0.3 is 20.7 Å². The smallest absolute Gasteiger partial charge is 0.315 e. The van der Waals surface area contributed by atoms with Gasteiger partial charge in [-0.3, -0.25) is 9.78 Å². The Balaban J connectivity index is 1.70. The fraction of sp³-hybridized carbons (Fsp3) is 0.278. The second kappa shape index (κ2) is 9.27. The number of carbonyl (C=O) groups is 2. The molecule has 1 aromatic heterocycles. The van der Waals surface area contributed by atoms with Crippen LogP contribution in [0.5, 0.6) is 5.75 Å². The fourth-order valence-electron chi connectivity index (χ4n) is 2.15. The second-order valence-electron chi connectivity index (χ2n) is 5.43. The SMILES string of the molecule is CC(=O)Nc1cccc(OCCNC(=O)N[C@@H](C)c2ccccn2)c1. The molecule has 0 saturated carbocycles. The van der Waals surface area contributed by atoms with Crippen molar-refractivity contribution in [1.82, 2.24) is 15.6 Å². The van der Waals surface area contributed by atoms with Gasteiger partial charge in [-0.15, -0.1) is 0 Å². The summed E-state index contributed by atoms with van der Waals surface area (Å²) in [4.78, 5) is 27.1. The molecule has 2 aromatic rings. The molecule has 3 amide bonds. The molecule has 0 unspecified atom stereocenters. The van der Waals surface area contributed by atoms with Crippen molar-refractivity contribution in [1.29, 1.82) is 0 Å². The highest BCUT2D eigenvalue weighted by Gasteiger charge is 2.09. The van der Waals surface area contributed by atoms with Crippen molar-refractivity contribution in [3.05, 3.63) is 54.4 Å². The summed E-state index contributed by atoms with van der Waals surface area (Å²) in [5.41, 5.74) is 1.46. The lowest BCUT2D eigenvalue weighted by molar-refractivity contribution is -0.114. The van der Waals surface area contributed by atoms with Crippen molar-refractivity contribution in [3.63, 3.8) is 0 Å². The van der Waals surface area contributed by atoms with Crippen molar-refractivity contribution in [2.75, 3.05) is 18.5 Å². The highest BCUT2D eigenvalue weighted by Crippen LogP contribution is 2.17. The third-order valence-electron chi connectivity index (χ3n) is 3.29. The highest BCUT2D eigenvalue weighted by atomic mass is 16.5. The van der Waals surface area contributed by atoms with E-state index in [1.165, 1.54) is 6.92 Å². The van der Waals surface area contributed by atoms with Crippen LogP contribution in [0, 0.1) is 0 Å². The number of carbonyl (C=O) groups excluding carboxylic acids is 2. The third kappa shape index (κ3) is 6.50. The first kappa shape index (κ1) is 18.3. The summed E-state index contributed by atoms with van der Waals surface area (Å²) in [6.45, 7) is 3.98. The molecule has 7 nitrogen and oxygen atoms in total. The van der Waals surface area contributed by atoms with Gasteiger partial charge in [-0.1, -0.05) is 12.1 Å². The molecule has 1 aromatic carbocycles. The van der Waals surface area contributed by atoms with Crippen molar-refractivity contribution in [2.45, 2.75) is 19.9 Å². The minimum atomic E-state index is -0.284. The van der Waals surface area contributed by atoms with Gasteiger partial charge in [0.25, 0.3) is 0 Å². The molecular formula is C18H22N4O3. The normalized spacial score (nSPS) is 11.3. The van der Waals surface area contributed by atoms with Crippen LogP contribution in [0.2, 0.25) is 0 Å². The molecule has 132 valence electrons. The molecule has 0 aliphatic carbocycles. The van der Waals surface area contributed by atoms with Crippen LogP contribution in [0.25, 0.3) is 0 Å². The molecule has 0 saturated heterocycles. The monoisotopic (exact) mass is 342 g/mol. The summed E-state index contributed by atoms with van der Waals surface area (Å²) in [6, 6.07) is 12.2. The van der Waals surface area contributed by atoms with Crippen LogP contribution < -0.4 is 20.7 Å². The average molecular weight is 342 g/mol. The number of hydrogen-bond donors (Lipinski definition) is 3. The molecular weight excluding hydrogens is 320 g/mol. The molecule has 0 bridgehead atoms. The zero-order valence-electron chi connectivity index (χ0n) is 14.3. The van der Waals surface area contributed by atoms with Gasteiger partial charge in [-0.2, -0.15) is 0 Å². The zero-order valence-corrected chi connectivity index (χ0v) is 14.3. The molecule has 1 atom stereocenters. The second-order valence-corrected chi connectivity index (χ2v) is 5.43. The number of nitrogens with zero attached hydrogens (tertiary/aromatic N) is 1. The standard InChI is InChI=1S/C18H22N4O3/c1-13(17-8-3-4-9-19-17)21-18(24)20-10-11-25-16-7-5-6-15(12-16)22-14(2)23/h3-9,12-13H,10-11H2,1-2H3,(H,22,23)(H2,20,21,24)/t13-/m0/s1. The molecule has 1 heterocycles. The molecule has 0 fully saturated rings. The van der Waals surface area contributed by atoms with E-state index in [2.05, 4.69) is 20.9 Å². The molecule has 2 rings (SSSR count). The minimum absolute atomic E-state index is 0.141. The number of amides is 3. The van der Waals surface area contributed by atoms with Gasteiger partial charge in [-0.05, 0) is 31.2 Å². The van der Waals surface area contributed by atoms with Crippen molar-refractivity contribution >= 4 is 17.6 Å². The number of benzene rings is 1. The number of anilines is 1. The lowest BCUT2D eigenvalue weighted by Crippen LogP contribution is -2.39. The van der Waals surface area contributed by atoms with E-state index in [9.17, 15) is 9.59 Å². The predicted molar refractivity (Wildman–Crippen MR) is 95.4 cm³/mol. The van der Waals surface area contributed by atoms with E-state index in [4.69, 9.17) is 4.74 Å². The molecule has 0 spiro atoms. The fourth-order valence-corrected chi connectivity index (χ4v) is 2.15. The number of nitrogens with one attached hydrogen (secondary N) is 3. The largest absolute Gasteiger partial charge is 0.492 e. The van der Waals surface area contributed by atoms with Gasteiger partial charge in [0.1, 0.15) is 12.4 Å². The molecule has 7 heteroatoms. The summed E-state index contributed by atoms with van der Waals surface area (Å²) in [5, 5.41) is 8.22. The summed E-state index contributed by atoms with van der Waals surface area (Å²) < 4.78 is 5.56. The summed E-state index contributed by atoms with van der Waals surface area (Å²) in [7, 11) is 0. The quantitative estimate of drug-likeness (QED) is 0.674. The first-order valence-corrected chi connectivity index (χ1v) is 8.00. The first-order chi connectivity index (χ1) is 12.0. The Labute approximate surface area is 146 Å². The Morgan fingerprint density at radius 3 is 2.76 bits per heavy atom. The van der Waals surface area contributed by atoms with E-state index in [-0.39, 0.29) is 18.0 Å². The third-order valence-corrected chi connectivity index (χ3v) is 3.29. The number of rotatable bonds is 7. The Morgan fingerprint density at radius 1 is 1.20 bits per heavy atom. The van der Waals surface area contributed by atoms with E-state index in [1.54, 1.807) is 30.5 Å². The summed E-state index contributed by atoms with van der Waals surface area (Å²) in [5.74, 6) is 0.479. The van der Waals surface area contributed by atoms with Gasteiger partial charge in [-0.25, -0.2) is 4.79 Å². The Kier molecular flexibility index (Phi) is 6.76. The van der Waals surface area contributed by atoms with E-state index in [0.717, 1.165) is 5.69 Å². The van der Waals surface area contributed by atoms with Gasteiger partial charge in [0.2, 0.25) is 5.91 Å². The maximum absolute atomic E-state index is 11.9. The topological polar surface area (TPSA) is 92.4 Å². The first-order valence-electron chi connectivity index (χ1n) is 8.00. The van der Waals surface area contributed by atoms with Crippen LogP contribution >= 0.6 is 0 Å². The summed E-state index contributed by atoms with van der Waals surface area (Å²) in [6.07, 6.45) is 1.69. The summed E-state index contributed by atoms with van der Waals surface area (Å²) >= 11 is 0. The Hall–Kier alpha value is -3.09. The lowest BCUT2D eigenvalue weighted by atomic mass is 10.2. The highest BCUT2D eigenvalue weighted by molar-refractivity contribution is 5.88. The molecule has 0 radical (unpaired) electrons. The van der Waals surface area contributed by atoms with E-state index < -0.39 is 0 Å². The van der Waals surface area contributed by atoms with Crippen LogP contribution in [0.3, 0.4) is 0 Å². The maximum atomic E-state index is 11.9. The van der Waals surface area contributed by atoms with Crippen molar-refractivity contribution in [2.24, 2.45) is 0 Å². The Bertz CT molecular complexity index is 706.